The Morgan fingerprint density at radius 2 is 2.35 bits per heavy atom. The average Bonchev–Trinajstić information content (AvgIpc) is 3.19. The van der Waals surface area contributed by atoms with Crippen molar-refractivity contribution in [2.75, 3.05) is 13.2 Å². The lowest BCUT2D eigenvalue weighted by Crippen LogP contribution is -2.30. The smallest absolute Gasteiger partial charge is 0.255 e. The van der Waals surface area contributed by atoms with Crippen molar-refractivity contribution >= 4 is 0 Å². The summed E-state index contributed by atoms with van der Waals surface area (Å²) in [5.74, 6) is 1.33. The summed E-state index contributed by atoms with van der Waals surface area (Å²) in [4.78, 5) is 6.71. The molecule has 2 aliphatic rings. The summed E-state index contributed by atoms with van der Waals surface area (Å²) < 4.78 is 15.8. The minimum absolute atomic E-state index is 0.0118. The Hall–Kier alpha value is -1.73. The molecule has 0 aliphatic carbocycles. The van der Waals surface area contributed by atoms with Gasteiger partial charge in [0.2, 0.25) is 0 Å². The third kappa shape index (κ3) is 2.23. The van der Waals surface area contributed by atoms with E-state index < -0.39 is 0 Å². The van der Waals surface area contributed by atoms with Crippen LogP contribution in [0, 0.1) is 0 Å². The third-order valence-electron chi connectivity index (χ3n) is 3.84. The highest BCUT2D eigenvalue weighted by Crippen LogP contribution is 2.27. The quantitative estimate of drug-likeness (QED) is 0.839. The van der Waals surface area contributed by atoms with E-state index in [1.165, 1.54) is 0 Å². The maximum Gasteiger partial charge on any atom is 0.255 e. The molecule has 1 saturated heterocycles. The fraction of sp³-hybridized carbons (Fsp3) is 0.615. The summed E-state index contributed by atoms with van der Waals surface area (Å²) in [6, 6.07) is 0. The third-order valence-corrected chi connectivity index (χ3v) is 3.84. The Morgan fingerprint density at radius 1 is 1.35 bits per heavy atom. The van der Waals surface area contributed by atoms with E-state index in [9.17, 15) is 0 Å². The molecule has 0 bridgehead atoms. The molecule has 1 unspecified atom stereocenters. The molecule has 7 nitrogen and oxygen atoms in total. The van der Waals surface area contributed by atoms with Crippen LogP contribution in [0.3, 0.4) is 0 Å². The molecule has 0 aromatic carbocycles. The maximum absolute atomic E-state index is 5.55. The van der Waals surface area contributed by atoms with Gasteiger partial charge in [0.1, 0.15) is 12.4 Å². The molecule has 4 heterocycles. The first-order valence-corrected chi connectivity index (χ1v) is 6.97. The van der Waals surface area contributed by atoms with Crippen molar-refractivity contribution < 1.29 is 13.8 Å². The molecule has 106 valence electrons. The molecule has 2 aromatic heterocycles. The van der Waals surface area contributed by atoms with Gasteiger partial charge in [0.05, 0.1) is 12.2 Å². The van der Waals surface area contributed by atoms with Crippen molar-refractivity contribution in [1.29, 1.82) is 0 Å². The lowest BCUT2D eigenvalue weighted by Gasteiger charge is -2.23. The highest BCUT2D eigenvalue weighted by Gasteiger charge is 2.25. The molecular weight excluding hydrogens is 260 g/mol. The molecule has 20 heavy (non-hydrogen) atoms. The largest absolute Gasteiger partial charge is 0.368 e. The van der Waals surface area contributed by atoms with Crippen molar-refractivity contribution in [3.63, 3.8) is 0 Å². The van der Waals surface area contributed by atoms with E-state index >= 15 is 0 Å². The monoisotopic (exact) mass is 276 g/mol. The van der Waals surface area contributed by atoms with E-state index in [-0.39, 0.29) is 6.10 Å². The van der Waals surface area contributed by atoms with Gasteiger partial charge in [0, 0.05) is 31.7 Å². The van der Waals surface area contributed by atoms with E-state index in [0.29, 0.717) is 12.4 Å². The SMILES string of the molecule is c1onc2c1CN(Cc1noc(C3CCCO3)n1)CC2. The number of fused-ring (bicyclic) bond motifs is 1. The van der Waals surface area contributed by atoms with Gasteiger partial charge in [-0.3, -0.25) is 4.90 Å². The second-order valence-electron chi connectivity index (χ2n) is 5.30. The van der Waals surface area contributed by atoms with E-state index in [2.05, 4.69) is 20.2 Å². The fourth-order valence-electron chi connectivity index (χ4n) is 2.77. The van der Waals surface area contributed by atoms with Crippen molar-refractivity contribution in [3.05, 3.63) is 29.2 Å². The Kier molecular flexibility index (Phi) is 3.00. The molecule has 0 radical (unpaired) electrons. The zero-order valence-corrected chi connectivity index (χ0v) is 11.1. The summed E-state index contributed by atoms with van der Waals surface area (Å²) in [5, 5.41) is 8.04. The van der Waals surface area contributed by atoms with E-state index in [0.717, 1.165) is 56.0 Å². The van der Waals surface area contributed by atoms with Gasteiger partial charge >= 0.3 is 0 Å². The Morgan fingerprint density at radius 3 is 3.25 bits per heavy atom. The second kappa shape index (κ2) is 4.99. The number of hydrogen-bond donors (Lipinski definition) is 0. The first-order chi connectivity index (χ1) is 9.88. The van der Waals surface area contributed by atoms with Crippen LogP contribution in [-0.4, -0.2) is 33.3 Å². The lowest BCUT2D eigenvalue weighted by atomic mass is 10.1. The molecule has 4 rings (SSSR count). The van der Waals surface area contributed by atoms with Crippen LogP contribution in [0.1, 0.15) is 41.9 Å². The van der Waals surface area contributed by atoms with Gasteiger partial charge < -0.3 is 13.8 Å². The van der Waals surface area contributed by atoms with Crippen LogP contribution in [-0.2, 0) is 24.2 Å². The standard InChI is InChI=1S/C13H16N4O3/c1-2-11(18-5-1)13-14-12(16-20-13)7-17-4-3-10-9(6-17)8-19-15-10/h8,11H,1-7H2. The lowest BCUT2D eigenvalue weighted by molar-refractivity contribution is 0.0835. The summed E-state index contributed by atoms with van der Waals surface area (Å²) in [6.07, 6.45) is 4.64. The van der Waals surface area contributed by atoms with Crippen LogP contribution >= 0.6 is 0 Å². The predicted molar refractivity (Wildman–Crippen MR) is 66.5 cm³/mol. The van der Waals surface area contributed by atoms with Crippen LogP contribution < -0.4 is 0 Å². The summed E-state index contributed by atoms with van der Waals surface area (Å²) in [5.41, 5.74) is 2.22. The van der Waals surface area contributed by atoms with Crippen LogP contribution in [0.4, 0.5) is 0 Å². The van der Waals surface area contributed by atoms with Crippen LogP contribution in [0.2, 0.25) is 0 Å². The fourth-order valence-corrected chi connectivity index (χ4v) is 2.77. The number of hydrogen-bond acceptors (Lipinski definition) is 7. The van der Waals surface area contributed by atoms with Gasteiger partial charge in [-0.1, -0.05) is 10.3 Å². The Labute approximate surface area is 115 Å². The Balaban J connectivity index is 1.42. The molecule has 0 amide bonds. The van der Waals surface area contributed by atoms with Gasteiger partial charge in [0.15, 0.2) is 5.82 Å². The average molecular weight is 276 g/mol. The van der Waals surface area contributed by atoms with Crippen molar-refractivity contribution in [2.24, 2.45) is 0 Å². The summed E-state index contributed by atoms with van der Waals surface area (Å²) >= 11 is 0. The zero-order chi connectivity index (χ0) is 13.4. The second-order valence-corrected chi connectivity index (χ2v) is 5.30. The molecular formula is C13H16N4O3. The van der Waals surface area contributed by atoms with Gasteiger partial charge in [-0.05, 0) is 12.8 Å². The molecule has 1 fully saturated rings. The molecule has 1 atom stereocenters. The Bertz CT molecular complexity index is 588. The van der Waals surface area contributed by atoms with E-state index in [1.807, 2.05) is 0 Å². The maximum atomic E-state index is 5.55. The van der Waals surface area contributed by atoms with Gasteiger partial charge in [-0.15, -0.1) is 0 Å². The van der Waals surface area contributed by atoms with Crippen LogP contribution in [0.15, 0.2) is 15.3 Å². The van der Waals surface area contributed by atoms with Crippen molar-refractivity contribution in [1.82, 2.24) is 20.2 Å². The molecule has 2 aliphatic heterocycles. The number of rotatable bonds is 3. The van der Waals surface area contributed by atoms with Crippen molar-refractivity contribution in [2.45, 2.75) is 38.5 Å². The van der Waals surface area contributed by atoms with Crippen LogP contribution in [0.5, 0.6) is 0 Å². The molecule has 2 aromatic rings. The van der Waals surface area contributed by atoms with Gasteiger partial charge in [0.25, 0.3) is 5.89 Å². The summed E-state index contributed by atoms with van der Waals surface area (Å²) in [6.45, 7) is 3.22. The highest BCUT2D eigenvalue weighted by atomic mass is 16.5. The molecule has 0 N–H and O–H groups in total. The molecule has 0 spiro atoms. The van der Waals surface area contributed by atoms with Crippen LogP contribution in [0.25, 0.3) is 0 Å². The highest BCUT2D eigenvalue weighted by molar-refractivity contribution is 5.17. The number of ether oxygens (including phenoxy) is 1. The first kappa shape index (κ1) is 12.0. The zero-order valence-electron chi connectivity index (χ0n) is 11.1. The van der Waals surface area contributed by atoms with Gasteiger partial charge in [-0.25, -0.2) is 0 Å². The molecule has 7 heteroatoms. The number of aromatic nitrogens is 3. The van der Waals surface area contributed by atoms with Crippen molar-refractivity contribution in [3.8, 4) is 0 Å². The minimum atomic E-state index is -0.0118. The normalized spacial score (nSPS) is 23.1. The molecule has 0 saturated carbocycles. The summed E-state index contributed by atoms with van der Waals surface area (Å²) in [7, 11) is 0. The first-order valence-electron chi connectivity index (χ1n) is 6.97. The topological polar surface area (TPSA) is 77.4 Å². The van der Waals surface area contributed by atoms with E-state index in [1.54, 1.807) is 6.26 Å². The van der Waals surface area contributed by atoms with Gasteiger partial charge in [-0.2, -0.15) is 4.98 Å². The number of nitrogens with zero attached hydrogens (tertiary/aromatic N) is 4. The van der Waals surface area contributed by atoms with E-state index in [4.69, 9.17) is 13.8 Å². The minimum Gasteiger partial charge on any atom is -0.368 e. The predicted octanol–water partition coefficient (Wildman–Crippen LogP) is 1.47.